The zero-order valence-corrected chi connectivity index (χ0v) is 16.0. The van der Waals surface area contributed by atoms with E-state index < -0.39 is 23.5 Å². The van der Waals surface area contributed by atoms with Crippen LogP contribution in [-0.2, 0) is 11.3 Å². The van der Waals surface area contributed by atoms with Gasteiger partial charge in [-0.1, -0.05) is 29.3 Å². The first kappa shape index (κ1) is 18.6. The van der Waals surface area contributed by atoms with Crippen molar-refractivity contribution in [3.8, 4) is 0 Å². The Kier molecular flexibility index (Phi) is 4.67. The van der Waals surface area contributed by atoms with E-state index in [1.807, 2.05) is 6.92 Å². The van der Waals surface area contributed by atoms with Crippen molar-refractivity contribution in [2.45, 2.75) is 32.4 Å². The third-order valence-corrected chi connectivity index (χ3v) is 5.47. The molecule has 144 valence electrons. The number of aryl methyl sites for hydroxylation is 1. The highest BCUT2D eigenvalue weighted by Crippen LogP contribution is 2.31. The number of amides is 3. The number of imide groups is 1. The topological polar surface area (TPSA) is 57.7 Å². The molecule has 1 heterocycles. The minimum Gasteiger partial charge on any atom is -0.334 e. The van der Waals surface area contributed by atoms with E-state index >= 15 is 0 Å². The van der Waals surface area contributed by atoms with Gasteiger partial charge >= 0.3 is 0 Å². The van der Waals surface area contributed by atoms with Gasteiger partial charge < -0.3 is 4.90 Å². The Morgan fingerprint density at radius 2 is 1.89 bits per heavy atom. The number of nitrogens with zero attached hydrogens (tertiary/aromatic N) is 2. The summed E-state index contributed by atoms with van der Waals surface area (Å²) < 4.78 is 14.2. The van der Waals surface area contributed by atoms with Crippen LogP contribution in [0.5, 0.6) is 0 Å². The molecule has 7 heteroatoms. The van der Waals surface area contributed by atoms with Crippen LogP contribution in [0.1, 0.15) is 44.7 Å². The van der Waals surface area contributed by atoms with Gasteiger partial charge in [0, 0.05) is 16.6 Å². The highest BCUT2D eigenvalue weighted by Gasteiger charge is 2.40. The quantitative estimate of drug-likeness (QED) is 0.721. The summed E-state index contributed by atoms with van der Waals surface area (Å²) in [5.41, 5.74) is 1.72. The van der Waals surface area contributed by atoms with Gasteiger partial charge in [-0.25, -0.2) is 4.39 Å². The largest absolute Gasteiger partial charge is 0.334 e. The van der Waals surface area contributed by atoms with Gasteiger partial charge in [-0.3, -0.25) is 19.3 Å². The fourth-order valence-corrected chi connectivity index (χ4v) is 3.66. The van der Waals surface area contributed by atoms with Crippen molar-refractivity contribution in [3.63, 3.8) is 0 Å². The molecule has 0 bridgehead atoms. The van der Waals surface area contributed by atoms with Crippen molar-refractivity contribution in [2.24, 2.45) is 0 Å². The predicted molar refractivity (Wildman–Crippen MR) is 102 cm³/mol. The molecule has 2 aromatic rings. The lowest BCUT2D eigenvalue weighted by Gasteiger charge is -2.25. The first-order chi connectivity index (χ1) is 13.4. The summed E-state index contributed by atoms with van der Waals surface area (Å²) in [5, 5.41) is 0.245. The van der Waals surface area contributed by atoms with Crippen LogP contribution in [0, 0.1) is 12.7 Å². The fourth-order valence-electron chi connectivity index (χ4n) is 3.44. The smallest absolute Gasteiger partial charge is 0.262 e. The van der Waals surface area contributed by atoms with E-state index in [2.05, 4.69) is 0 Å². The number of fused-ring (bicyclic) bond motifs is 1. The molecule has 0 spiro atoms. The molecule has 0 atom stereocenters. The van der Waals surface area contributed by atoms with Crippen LogP contribution >= 0.6 is 11.6 Å². The Bertz CT molecular complexity index is 983. The second-order valence-corrected chi connectivity index (χ2v) is 7.61. The summed E-state index contributed by atoms with van der Waals surface area (Å²) in [6, 6.07) is 9.36. The highest BCUT2D eigenvalue weighted by atomic mass is 35.5. The zero-order chi connectivity index (χ0) is 20.0. The summed E-state index contributed by atoms with van der Waals surface area (Å²) in [6.45, 7) is 1.48. The summed E-state index contributed by atoms with van der Waals surface area (Å²) in [6.07, 6.45) is 1.61. The SMILES string of the molecule is Cc1ccc2c(c1)C(=O)N(CC(=O)N(Cc1c(F)cccc1Cl)C1CC1)C2=O. The minimum absolute atomic E-state index is 0.0112. The third kappa shape index (κ3) is 3.29. The number of hydrogen-bond donors (Lipinski definition) is 0. The lowest BCUT2D eigenvalue weighted by Crippen LogP contribution is -2.43. The zero-order valence-electron chi connectivity index (χ0n) is 15.2. The van der Waals surface area contributed by atoms with Crippen molar-refractivity contribution in [2.75, 3.05) is 6.54 Å². The van der Waals surface area contributed by atoms with Gasteiger partial charge in [-0.05, 0) is 44.0 Å². The summed E-state index contributed by atoms with van der Waals surface area (Å²) in [4.78, 5) is 40.6. The molecule has 1 aliphatic heterocycles. The molecule has 0 aromatic heterocycles. The summed E-state index contributed by atoms with van der Waals surface area (Å²) in [7, 11) is 0. The van der Waals surface area contributed by atoms with Gasteiger partial charge in [0.15, 0.2) is 0 Å². The van der Waals surface area contributed by atoms with Gasteiger partial charge in [0.25, 0.3) is 11.8 Å². The Labute approximate surface area is 166 Å². The number of carbonyl (C=O) groups excluding carboxylic acids is 3. The molecule has 0 unspecified atom stereocenters. The van der Waals surface area contributed by atoms with Gasteiger partial charge in [-0.2, -0.15) is 0 Å². The molecule has 0 saturated heterocycles. The fraction of sp³-hybridized carbons (Fsp3) is 0.286. The second kappa shape index (κ2) is 7.02. The molecular weight excluding hydrogens is 383 g/mol. The molecule has 2 aliphatic rings. The minimum atomic E-state index is -0.484. The Morgan fingerprint density at radius 1 is 1.18 bits per heavy atom. The van der Waals surface area contributed by atoms with Crippen LogP contribution in [0.4, 0.5) is 4.39 Å². The number of benzene rings is 2. The van der Waals surface area contributed by atoms with E-state index in [0.717, 1.165) is 23.3 Å². The molecule has 1 fully saturated rings. The number of carbonyl (C=O) groups is 3. The monoisotopic (exact) mass is 400 g/mol. The predicted octanol–water partition coefficient (Wildman–Crippen LogP) is 3.57. The maximum atomic E-state index is 14.2. The summed E-state index contributed by atoms with van der Waals surface area (Å²) >= 11 is 6.10. The average molecular weight is 401 g/mol. The van der Waals surface area contributed by atoms with Crippen molar-refractivity contribution in [1.29, 1.82) is 0 Å². The second-order valence-electron chi connectivity index (χ2n) is 7.20. The number of hydrogen-bond acceptors (Lipinski definition) is 3. The molecule has 1 aliphatic carbocycles. The van der Waals surface area contributed by atoms with Gasteiger partial charge in [0.05, 0.1) is 17.7 Å². The molecule has 0 N–H and O–H groups in total. The van der Waals surface area contributed by atoms with Crippen LogP contribution in [0.15, 0.2) is 36.4 Å². The first-order valence-electron chi connectivity index (χ1n) is 9.06. The van der Waals surface area contributed by atoms with E-state index in [9.17, 15) is 18.8 Å². The molecule has 3 amide bonds. The summed E-state index contributed by atoms with van der Waals surface area (Å²) in [5.74, 6) is -1.83. The van der Waals surface area contributed by atoms with Crippen LogP contribution in [-0.4, -0.2) is 40.1 Å². The van der Waals surface area contributed by atoms with E-state index in [4.69, 9.17) is 11.6 Å². The van der Waals surface area contributed by atoms with E-state index in [0.29, 0.717) is 11.1 Å². The average Bonchev–Trinajstić information content (AvgIpc) is 3.46. The lowest BCUT2D eigenvalue weighted by molar-refractivity contribution is -0.132. The molecule has 1 saturated carbocycles. The number of rotatable bonds is 5. The van der Waals surface area contributed by atoms with E-state index in [-0.39, 0.29) is 29.7 Å². The third-order valence-electron chi connectivity index (χ3n) is 5.12. The maximum absolute atomic E-state index is 14.2. The van der Waals surface area contributed by atoms with Gasteiger partial charge in [-0.15, -0.1) is 0 Å². The van der Waals surface area contributed by atoms with Crippen LogP contribution in [0.3, 0.4) is 0 Å². The van der Waals surface area contributed by atoms with Crippen molar-refractivity contribution in [1.82, 2.24) is 9.80 Å². The van der Waals surface area contributed by atoms with Crippen molar-refractivity contribution >= 4 is 29.3 Å². The molecule has 0 radical (unpaired) electrons. The Morgan fingerprint density at radius 3 is 2.57 bits per heavy atom. The molecule has 2 aromatic carbocycles. The van der Waals surface area contributed by atoms with Gasteiger partial charge in [0.2, 0.25) is 5.91 Å². The molecule has 5 nitrogen and oxygen atoms in total. The first-order valence-corrected chi connectivity index (χ1v) is 9.44. The van der Waals surface area contributed by atoms with Crippen LogP contribution in [0.2, 0.25) is 5.02 Å². The lowest BCUT2D eigenvalue weighted by atomic mass is 10.1. The standard InChI is InChI=1S/C21H18ClFN2O3/c1-12-5-8-14-15(9-12)21(28)25(20(14)27)11-19(26)24(13-6-7-13)10-16-17(22)3-2-4-18(16)23/h2-5,8-9,13H,6-7,10-11H2,1H3. The Balaban J connectivity index is 1.55. The van der Waals surface area contributed by atoms with E-state index in [1.54, 1.807) is 24.3 Å². The molecule has 28 heavy (non-hydrogen) atoms. The van der Waals surface area contributed by atoms with Crippen molar-refractivity contribution in [3.05, 3.63) is 69.5 Å². The highest BCUT2D eigenvalue weighted by molar-refractivity contribution is 6.31. The van der Waals surface area contributed by atoms with Crippen molar-refractivity contribution < 1.29 is 18.8 Å². The molecular formula is C21H18ClFN2O3. The van der Waals surface area contributed by atoms with Crippen LogP contribution < -0.4 is 0 Å². The van der Waals surface area contributed by atoms with Crippen LogP contribution in [0.25, 0.3) is 0 Å². The normalized spacial score (nSPS) is 15.8. The molecule has 4 rings (SSSR count). The Hall–Kier alpha value is -2.73. The maximum Gasteiger partial charge on any atom is 0.262 e. The number of halogens is 2. The van der Waals surface area contributed by atoms with Gasteiger partial charge in [0.1, 0.15) is 12.4 Å². The van der Waals surface area contributed by atoms with E-state index in [1.165, 1.54) is 17.0 Å².